The number of hydrogen-bond acceptors (Lipinski definition) is 2. The second kappa shape index (κ2) is 3.17. The van der Waals surface area contributed by atoms with Crippen molar-refractivity contribution in [1.29, 1.82) is 0 Å². The van der Waals surface area contributed by atoms with Crippen molar-refractivity contribution in [2.24, 2.45) is 5.92 Å². The first-order chi connectivity index (χ1) is 4.70. The summed E-state index contributed by atoms with van der Waals surface area (Å²) in [7, 11) is 0. The van der Waals surface area contributed by atoms with Crippen molar-refractivity contribution in [1.82, 2.24) is 0 Å². The van der Waals surface area contributed by atoms with Gasteiger partial charge in [-0.05, 0) is 19.3 Å². The Morgan fingerprint density at radius 3 is 2.80 bits per heavy atom. The van der Waals surface area contributed by atoms with Crippen LogP contribution in [0.5, 0.6) is 0 Å². The van der Waals surface area contributed by atoms with E-state index in [1.54, 1.807) is 0 Å². The van der Waals surface area contributed by atoms with E-state index in [2.05, 4.69) is 6.58 Å². The van der Waals surface area contributed by atoms with Gasteiger partial charge in [-0.25, -0.2) is 0 Å². The van der Waals surface area contributed by atoms with Crippen LogP contribution in [-0.4, -0.2) is 18.0 Å². The molecule has 1 unspecified atom stereocenters. The minimum absolute atomic E-state index is 0.462. The fourth-order valence-corrected chi connectivity index (χ4v) is 1.22. The minimum atomic E-state index is -0.560. The Labute approximate surface area is 61.5 Å². The summed E-state index contributed by atoms with van der Waals surface area (Å²) in [5, 5.41) is 9.07. The molecular formula is C8H14O2. The lowest BCUT2D eigenvalue weighted by Gasteiger charge is -2.26. The predicted molar refractivity (Wildman–Crippen MR) is 39.5 cm³/mol. The monoisotopic (exact) mass is 142 g/mol. The molecule has 0 bridgehead atoms. The van der Waals surface area contributed by atoms with Crippen LogP contribution in [0.15, 0.2) is 12.2 Å². The summed E-state index contributed by atoms with van der Waals surface area (Å²) in [5.41, 5.74) is 1.15. The molecule has 1 aliphatic rings. The highest BCUT2D eigenvalue weighted by Crippen LogP contribution is 2.24. The lowest BCUT2D eigenvalue weighted by molar-refractivity contribution is -0.134. The summed E-state index contributed by atoms with van der Waals surface area (Å²) in [6, 6.07) is 0. The zero-order chi connectivity index (χ0) is 7.56. The average molecular weight is 142 g/mol. The maximum Gasteiger partial charge on any atom is 0.155 e. The Morgan fingerprint density at radius 1 is 1.70 bits per heavy atom. The van der Waals surface area contributed by atoms with Gasteiger partial charge in [-0.3, -0.25) is 0 Å². The standard InChI is InChI=1S/C8H14O2/c1-6(2)7-3-4-10-8(9)5-7/h7-9H,1,3-5H2,2H3/t7-,8?/m0/s1. The molecule has 1 rings (SSSR count). The van der Waals surface area contributed by atoms with Crippen LogP contribution in [0.2, 0.25) is 0 Å². The number of allylic oxidation sites excluding steroid dienone is 1. The first kappa shape index (κ1) is 7.76. The van der Waals surface area contributed by atoms with E-state index in [9.17, 15) is 0 Å². The summed E-state index contributed by atoms with van der Waals surface area (Å²) < 4.78 is 4.97. The van der Waals surface area contributed by atoms with Gasteiger partial charge in [0.2, 0.25) is 0 Å². The molecule has 0 amide bonds. The van der Waals surface area contributed by atoms with Gasteiger partial charge >= 0.3 is 0 Å². The summed E-state index contributed by atoms with van der Waals surface area (Å²) in [5.74, 6) is 0.462. The Bertz CT molecular complexity index is 131. The van der Waals surface area contributed by atoms with Crippen LogP contribution in [0.1, 0.15) is 19.8 Å². The SMILES string of the molecule is C=C(C)[C@H]1CCOC(O)C1. The molecule has 0 radical (unpaired) electrons. The van der Waals surface area contributed by atoms with Gasteiger partial charge in [0.05, 0.1) is 6.61 Å². The molecule has 0 aromatic heterocycles. The van der Waals surface area contributed by atoms with E-state index in [0.29, 0.717) is 12.5 Å². The van der Waals surface area contributed by atoms with Gasteiger partial charge in [0.15, 0.2) is 6.29 Å². The van der Waals surface area contributed by atoms with Crippen molar-refractivity contribution in [3.63, 3.8) is 0 Å². The maximum atomic E-state index is 9.07. The normalized spacial score (nSPS) is 33.8. The smallest absolute Gasteiger partial charge is 0.155 e. The Kier molecular flexibility index (Phi) is 2.46. The lowest BCUT2D eigenvalue weighted by atomic mass is 9.93. The quantitative estimate of drug-likeness (QED) is 0.559. The highest BCUT2D eigenvalue weighted by atomic mass is 16.6. The first-order valence-electron chi connectivity index (χ1n) is 3.65. The van der Waals surface area contributed by atoms with E-state index in [4.69, 9.17) is 9.84 Å². The Morgan fingerprint density at radius 2 is 2.40 bits per heavy atom. The van der Waals surface area contributed by atoms with Gasteiger partial charge in [-0.15, -0.1) is 0 Å². The van der Waals surface area contributed by atoms with Gasteiger partial charge in [-0.1, -0.05) is 12.2 Å². The predicted octanol–water partition coefficient (Wildman–Crippen LogP) is 1.31. The number of aliphatic hydroxyl groups is 1. The third-order valence-electron chi connectivity index (χ3n) is 1.96. The second-order valence-corrected chi connectivity index (χ2v) is 2.89. The molecule has 2 nitrogen and oxygen atoms in total. The van der Waals surface area contributed by atoms with Crippen molar-refractivity contribution in [3.05, 3.63) is 12.2 Å². The second-order valence-electron chi connectivity index (χ2n) is 2.89. The number of aliphatic hydroxyl groups excluding tert-OH is 1. The molecule has 10 heavy (non-hydrogen) atoms. The van der Waals surface area contributed by atoms with Gasteiger partial charge in [-0.2, -0.15) is 0 Å². The Hall–Kier alpha value is -0.340. The van der Waals surface area contributed by atoms with Crippen LogP contribution in [0.25, 0.3) is 0 Å². The molecule has 0 aromatic rings. The summed E-state index contributed by atoms with van der Waals surface area (Å²) in [4.78, 5) is 0. The largest absolute Gasteiger partial charge is 0.368 e. The Balaban J connectivity index is 2.39. The van der Waals surface area contributed by atoms with Crippen molar-refractivity contribution in [2.75, 3.05) is 6.61 Å². The molecule has 58 valence electrons. The van der Waals surface area contributed by atoms with E-state index in [1.165, 1.54) is 0 Å². The van der Waals surface area contributed by atoms with Gasteiger partial charge in [0, 0.05) is 6.42 Å². The topological polar surface area (TPSA) is 29.5 Å². The molecule has 0 saturated carbocycles. The molecule has 1 saturated heterocycles. The van der Waals surface area contributed by atoms with Crippen LogP contribution >= 0.6 is 0 Å². The van der Waals surface area contributed by atoms with Crippen molar-refractivity contribution < 1.29 is 9.84 Å². The zero-order valence-electron chi connectivity index (χ0n) is 6.34. The van der Waals surface area contributed by atoms with Gasteiger partial charge in [0.25, 0.3) is 0 Å². The van der Waals surface area contributed by atoms with Gasteiger partial charge < -0.3 is 9.84 Å². The third kappa shape index (κ3) is 1.82. The van der Waals surface area contributed by atoms with E-state index >= 15 is 0 Å². The summed E-state index contributed by atoms with van der Waals surface area (Å²) >= 11 is 0. The van der Waals surface area contributed by atoms with Gasteiger partial charge in [0.1, 0.15) is 0 Å². The molecular weight excluding hydrogens is 128 g/mol. The zero-order valence-corrected chi connectivity index (χ0v) is 6.34. The molecule has 1 heterocycles. The number of rotatable bonds is 1. The molecule has 0 spiro atoms. The van der Waals surface area contributed by atoms with Crippen LogP contribution < -0.4 is 0 Å². The lowest BCUT2D eigenvalue weighted by Crippen LogP contribution is -2.25. The maximum absolute atomic E-state index is 9.07. The molecule has 0 aromatic carbocycles. The third-order valence-corrected chi connectivity index (χ3v) is 1.96. The molecule has 1 N–H and O–H groups in total. The fraction of sp³-hybridized carbons (Fsp3) is 0.750. The highest BCUT2D eigenvalue weighted by Gasteiger charge is 2.20. The average Bonchev–Trinajstić information content (AvgIpc) is 1.88. The van der Waals surface area contributed by atoms with Crippen LogP contribution in [0, 0.1) is 5.92 Å². The first-order valence-corrected chi connectivity index (χ1v) is 3.65. The van der Waals surface area contributed by atoms with Crippen LogP contribution in [-0.2, 0) is 4.74 Å². The number of hydrogen-bond donors (Lipinski definition) is 1. The highest BCUT2D eigenvalue weighted by molar-refractivity contribution is 4.97. The molecule has 2 atom stereocenters. The van der Waals surface area contributed by atoms with Crippen molar-refractivity contribution in [2.45, 2.75) is 26.1 Å². The molecule has 2 heteroatoms. The van der Waals surface area contributed by atoms with E-state index < -0.39 is 6.29 Å². The van der Waals surface area contributed by atoms with Crippen LogP contribution in [0.4, 0.5) is 0 Å². The summed E-state index contributed by atoms with van der Waals surface area (Å²) in [6.45, 7) is 6.51. The van der Waals surface area contributed by atoms with E-state index in [0.717, 1.165) is 18.4 Å². The molecule has 1 aliphatic heterocycles. The van der Waals surface area contributed by atoms with E-state index in [1.807, 2.05) is 6.92 Å². The minimum Gasteiger partial charge on any atom is -0.368 e. The summed E-state index contributed by atoms with van der Waals surface area (Å²) in [6.07, 6.45) is 1.16. The number of ether oxygens (including phenoxy) is 1. The van der Waals surface area contributed by atoms with Crippen LogP contribution in [0.3, 0.4) is 0 Å². The van der Waals surface area contributed by atoms with Crippen molar-refractivity contribution >= 4 is 0 Å². The van der Waals surface area contributed by atoms with Crippen molar-refractivity contribution in [3.8, 4) is 0 Å². The van der Waals surface area contributed by atoms with E-state index in [-0.39, 0.29) is 0 Å². The fourth-order valence-electron chi connectivity index (χ4n) is 1.22. The molecule has 1 fully saturated rings. The molecule has 0 aliphatic carbocycles.